The minimum atomic E-state index is -1.72. The number of alkyl halides is 3. The van der Waals surface area contributed by atoms with Crippen LogP contribution in [-0.4, -0.2) is 39.2 Å². The van der Waals surface area contributed by atoms with Gasteiger partial charge in [-0.1, -0.05) is 32.1 Å². The highest BCUT2D eigenvalue weighted by Crippen LogP contribution is 2.70. The molecule has 4 rings (SSSR count). The molecule has 0 saturated heterocycles. The van der Waals surface area contributed by atoms with E-state index in [1.54, 1.807) is 6.08 Å². The molecule has 6 heteroatoms. The topological polar surface area (TPSA) is 54.4 Å². The lowest BCUT2D eigenvalue weighted by molar-refractivity contribution is -0.157. The molecule has 0 amide bonds. The Kier molecular flexibility index (Phi) is 4.14. The Balaban J connectivity index is 1.86. The summed E-state index contributed by atoms with van der Waals surface area (Å²) in [5.74, 6) is -1.16. The van der Waals surface area contributed by atoms with Crippen LogP contribution in [0, 0.1) is 22.7 Å². The molecule has 0 heterocycles. The highest BCUT2D eigenvalue weighted by molar-refractivity contribution is 6.34. The fraction of sp³-hybridized carbons (Fsp3) is 0.619. The standard InChI is InChI=1S/C21H23Cl2FO3/c1-18-7-5-13(25)9-12(18)3-4-15-14-6-8-20(27,17(26)11-24)19(14,2)10-16(22)21(15,18)23/h3-5,7,9,14-16,27H,6,8,10-11H2,1-2H3/t14-,15-,16?,18-,19-,20-,21-/m0/s1. The Morgan fingerprint density at radius 3 is 2.74 bits per heavy atom. The Labute approximate surface area is 168 Å². The van der Waals surface area contributed by atoms with Crippen LogP contribution in [0.1, 0.15) is 33.1 Å². The van der Waals surface area contributed by atoms with Crippen molar-refractivity contribution in [1.82, 2.24) is 0 Å². The molecule has 146 valence electrons. The fourth-order valence-electron chi connectivity index (χ4n) is 6.18. The Morgan fingerprint density at radius 2 is 2.07 bits per heavy atom. The SMILES string of the molecule is C[C@]12C=CC(=O)C=C1C=C[C@H]1[C@@H]3CC[C@](O)(C(=O)CF)[C@@]3(C)CC(Cl)[C@@]12Cl. The lowest BCUT2D eigenvalue weighted by atomic mass is 9.48. The summed E-state index contributed by atoms with van der Waals surface area (Å²) in [7, 11) is 0. The van der Waals surface area contributed by atoms with Gasteiger partial charge >= 0.3 is 0 Å². The molecule has 1 unspecified atom stereocenters. The Bertz CT molecular complexity index is 820. The first-order chi connectivity index (χ1) is 12.5. The summed E-state index contributed by atoms with van der Waals surface area (Å²) in [5.41, 5.74) is -2.38. The molecule has 2 saturated carbocycles. The number of carbonyl (C=O) groups excluding carboxylic acids is 2. The van der Waals surface area contributed by atoms with Gasteiger partial charge in [-0.05, 0) is 42.9 Å². The number of rotatable bonds is 2. The van der Waals surface area contributed by atoms with Crippen molar-refractivity contribution < 1.29 is 19.1 Å². The third-order valence-electron chi connectivity index (χ3n) is 7.90. The van der Waals surface area contributed by atoms with Gasteiger partial charge in [0.15, 0.2) is 18.2 Å². The molecule has 0 spiro atoms. The maximum Gasteiger partial charge on any atom is 0.195 e. The van der Waals surface area contributed by atoms with E-state index in [4.69, 9.17) is 23.2 Å². The quantitative estimate of drug-likeness (QED) is 0.699. The highest BCUT2D eigenvalue weighted by Gasteiger charge is 2.72. The molecule has 2 fully saturated rings. The number of ketones is 2. The second-order valence-corrected chi connectivity index (χ2v) is 9.99. The third kappa shape index (κ3) is 2.13. The van der Waals surface area contributed by atoms with Crippen molar-refractivity contribution in [2.45, 2.75) is 49.0 Å². The number of hydrogen-bond acceptors (Lipinski definition) is 3. The van der Waals surface area contributed by atoms with Crippen molar-refractivity contribution in [2.24, 2.45) is 22.7 Å². The molecule has 1 N–H and O–H groups in total. The van der Waals surface area contributed by atoms with Crippen LogP contribution in [-0.2, 0) is 9.59 Å². The number of allylic oxidation sites excluding steroid dienone is 6. The number of fused-ring (bicyclic) bond motifs is 5. The predicted molar refractivity (Wildman–Crippen MR) is 103 cm³/mol. The molecule has 0 radical (unpaired) electrons. The summed E-state index contributed by atoms with van der Waals surface area (Å²) in [6.07, 6.45) is 9.92. The number of hydrogen-bond donors (Lipinski definition) is 1. The van der Waals surface area contributed by atoms with E-state index in [1.165, 1.54) is 6.08 Å². The summed E-state index contributed by atoms with van der Waals surface area (Å²) in [4.78, 5) is 23.2. The molecule has 0 bridgehead atoms. The van der Waals surface area contributed by atoms with Gasteiger partial charge in [-0.2, -0.15) is 0 Å². The van der Waals surface area contributed by atoms with Crippen LogP contribution in [0.4, 0.5) is 4.39 Å². The smallest absolute Gasteiger partial charge is 0.195 e. The normalized spacial score (nSPS) is 50.7. The van der Waals surface area contributed by atoms with Crippen molar-refractivity contribution >= 4 is 34.8 Å². The molecule has 0 aliphatic heterocycles. The maximum absolute atomic E-state index is 13.2. The van der Waals surface area contributed by atoms with Gasteiger partial charge in [0, 0.05) is 16.7 Å². The number of Topliss-reactive ketones (excluding diaryl/α,β-unsaturated/α-hetero) is 1. The van der Waals surface area contributed by atoms with Crippen molar-refractivity contribution in [3.8, 4) is 0 Å². The number of aliphatic hydroxyl groups is 1. The fourth-order valence-corrected chi connectivity index (χ4v) is 7.35. The Hall–Kier alpha value is -0.970. The van der Waals surface area contributed by atoms with Crippen LogP contribution in [0.25, 0.3) is 0 Å². The zero-order chi connectivity index (χ0) is 19.8. The van der Waals surface area contributed by atoms with Gasteiger partial charge < -0.3 is 5.11 Å². The lowest BCUT2D eigenvalue weighted by Crippen LogP contribution is -2.66. The molecule has 4 aliphatic rings. The second kappa shape index (κ2) is 5.77. The largest absolute Gasteiger partial charge is 0.381 e. The minimum absolute atomic E-state index is 0.0820. The zero-order valence-corrected chi connectivity index (χ0v) is 16.9. The number of halogens is 3. The van der Waals surface area contributed by atoms with Crippen LogP contribution in [0.3, 0.4) is 0 Å². The molecule has 27 heavy (non-hydrogen) atoms. The number of carbonyl (C=O) groups is 2. The van der Waals surface area contributed by atoms with Crippen LogP contribution in [0.15, 0.2) is 36.0 Å². The molecular formula is C21H23Cl2FO3. The first kappa shape index (κ1) is 19.4. The van der Waals surface area contributed by atoms with E-state index < -0.39 is 39.1 Å². The summed E-state index contributed by atoms with van der Waals surface area (Å²) in [6.45, 7) is 2.64. The van der Waals surface area contributed by atoms with Crippen molar-refractivity contribution in [1.29, 1.82) is 0 Å². The van der Waals surface area contributed by atoms with E-state index in [0.717, 1.165) is 5.57 Å². The summed E-state index contributed by atoms with van der Waals surface area (Å²) < 4.78 is 13.2. The monoisotopic (exact) mass is 412 g/mol. The van der Waals surface area contributed by atoms with Crippen molar-refractivity contribution in [3.63, 3.8) is 0 Å². The summed E-state index contributed by atoms with van der Waals surface area (Å²) in [6, 6.07) is 0. The summed E-state index contributed by atoms with van der Waals surface area (Å²) >= 11 is 14.2. The average molecular weight is 413 g/mol. The first-order valence-corrected chi connectivity index (χ1v) is 10.1. The predicted octanol–water partition coefficient (Wildman–Crippen LogP) is 3.92. The van der Waals surface area contributed by atoms with E-state index in [0.29, 0.717) is 12.8 Å². The van der Waals surface area contributed by atoms with Gasteiger partial charge in [-0.3, -0.25) is 9.59 Å². The van der Waals surface area contributed by atoms with Gasteiger partial charge in [-0.25, -0.2) is 4.39 Å². The third-order valence-corrected chi connectivity index (χ3v) is 9.42. The van der Waals surface area contributed by atoms with E-state index >= 15 is 0 Å². The van der Waals surface area contributed by atoms with Crippen LogP contribution >= 0.6 is 23.2 Å². The van der Waals surface area contributed by atoms with E-state index in [2.05, 4.69) is 0 Å². The van der Waals surface area contributed by atoms with Crippen molar-refractivity contribution in [3.05, 3.63) is 36.0 Å². The maximum atomic E-state index is 13.2. The van der Waals surface area contributed by atoms with E-state index in [1.807, 2.05) is 32.1 Å². The second-order valence-electron chi connectivity index (χ2n) is 8.84. The highest BCUT2D eigenvalue weighted by atomic mass is 35.5. The minimum Gasteiger partial charge on any atom is -0.381 e. The van der Waals surface area contributed by atoms with Crippen LogP contribution in [0.2, 0.25) is 0 Å². The molecule has 0 aromatic carbocycles. The van der Waals surface area contributed by atoms with Gasteiger partial charge in [0.05, 0.1) is 10.3 Å². The molecule has 3 nitrogen and oxygen atoms in total. The van der Waals surface area contributed by atoms with Gasteiger partial charge in [0.25, 0.3) is 0 Å². The molecule has 0 aromatic heterocycles. The van der Waals surface area contributed by atoms with Crippen molar-refractivity contribution in [2.75, 3.05) is 6.67 Å². The molecule has 7 atom stereocenters. The van der Waals surface area contributed by atoms with E-state index in [9.17, 15) is 19.1 Å². The average Bonchev–Trinajstić information content (AvgIpc) is 2.88. The van der Waals surface area contributed by atoms with Crippen LogP contribution < -0.4 is 0 Å². The zero-order valence-electron chi connectivity index (χ0n) is 15.3. The molecular weight excluding hydrogens is 390 g/mol. The van der Waals surface area contributed by atoms with Crippen LogP contribution in [0.5, 0.6) is 0 Å². The van der Waals surface area contributed by atoms with Gasteiger partial charge in [0.1, 0.15) is 5.60 Å². The molecule has 0 aromatic rings. The lowest BCUT2D eigenvalue weighted by Gasteiger charge is -2.62. The molecule has 4 aliphatic carbocycles. The van der Waals surface area contributed by atoms with Gasteiger partial charge in [0.2, 0.25) is 0 Å². The van der Waals surface area contributed by atoms with E-state index in [-0.39, 0.29) is 24.0 Å². The first-order valence-electron chi connectivity index (χ1n) is 9.33. The summed E-state index contributed by atoms with van der Waals surface area (Å²) in [5, 5.41) is 10.6. The van der Waals surface area contributed by atoms with Gasteiger partial charge in [-0.15, -0.1) is 23.2 Å². The Morgan fingerprint density at radius 1 is 1.37 bits per heavy atom.